The molecule has 0 bridgehead atoms. The van der Waals surface area contributed by atoms with Crippen LogP contribution in [0.25, 0.3) is 0 Å². The Hall–Kier alpha value is -2.41. The van der Waals surface area contributed by atoms with Gasteiger partial charge in [-0.2, -0.15) is 0 Å². The molecule has 0 aromatic heterocycles. The van der Waals surface area contributed by atoms with Crippen molar-refractivity contribution in [2.75, 3.05) is 5.32 Å². The zero-order valence-electron chi connectivity index (χ0n) is 13.2. The smallest absolute Gasteiger partial charge is 0.323 e. The van der Waals surface area contributed by atoms with Gasteiger partial charge in [0, 0.05) is 5.69 Å². The second-order valence-electron chi connectivity index (χ2n) is 5.25. The summed E-state index contributed by atoms with van der Waals surface area (Å²) in [5.41, 5.74) is -0.812. The van der Waals surface area contributed by atoms with Crippen molar-refractivity contribution in [1.29, 1.82) is 0 Å². The van der Waals surface area contributed by atoms with Gasteiger partial charge in [-0.3, -0.25) is 19.7 Å². The van der Waals surface area contributed by atoms with E-state index in [1.165, 1.54) is 0 Å². The highest BCUT2D eigenvalue weighted by Gasteiger charge is 2.39. The Bertz CT molecular complexity index is 555. The monoisotopic (exact) mass is 322 g/mol. The van der Waals surface area contributed by atoms with Crippen molar-refractivity contribution in [3.8, 4) is 0 Å². The number of aliphatic carboxylic acids is 2. The first-order valence-electron chi connectivity index (χ1n) is 7.43. The molecule has 0 aliphatic carbocycles. The Balaban J connectivity index is 2.80. The zero-order chi connectivity index (χ0) is 17.5. The van der Waals surface area contributed by atoms with Gasteiger partial charge in [-0.15, -0.1) is 0 Å². The summed E-state index contributed by atoms with van der Waals surface area (Å²) in [6.45, 7) is 3.32. The summed E-state index contributed by atoms with van der Waals surface area (Å²) < 4.78 is 0. The number of carbonyl (C=O) groups is 3. The molecule has 1 aromatic rings. The maximum Gasteiger partial charge on any atom is 0.323 e. The molecular formula is C16H22N2O5. The van der Waals surface area contributed by atoms with Crippen molar-refractivity contribution in [2.45, 2.75) is 44.7 Å². The molecule has 0 spiro atoms. The van der Waals surface area contributed by atoms with Crippen LogP contribution in [0, 0.1) is 0 Å². The van der Waals surface area contributed by atoms with Crippen LogP contribution in [-0.2, 0) is 14.4 Å². The van der Waals surface area contributed by atoms with E-state index in [0.717, 1.165) is 0 Å². The topological polar surface area (TPSA) is 116 Å². The van der Waals surface area contributed by atoms with Gasteiger partial charge in [0.1, 0.15) is 11.6 Å². The van der Waals surface area contributed by atoms with E-state index in [4.69, 9.17) is 0 Å². The first-order chi connectivity index (χ1) is 10.8. The number of hydrogen-bond acceptors (Lipinski definition) is 4. The van der Waals surface area contributed by atoms with Crippen LogP contribution >= 0.6 is 0 Å². The number of hydrogen-bond donors (Lipinski definition) is 4. The molecule has 0 saturated carbocycles. The molecule has 0 radical (unpaired) electrons. The number of rotatable bonds is 9. The molecule has 1 amide bonds. The van der Waals surface area contributed by atoms with Crippen LogP contribution in [0.4, 0.5) is 5.69 Å². The van der Waals surface area contributed by atoms with E-state index in [-0.39, 0.29) is 19.3 Å². The van der Waals surface area contributed by atoms with Gasteiger partial charge in [0.05, 0.1) is 6.42 Å². The minimum atomic E-state index is -1.36. The van der Waals surface area contributed by atoms with Gasteiger partial charge < -0.3 is 15.5 Å². The molecule has 0 aliphatic rings. The lowest BCUT2D eigenvalue weighted by atomic mass is 9.91. The van der Waals surface area contributed by atoms with Crippen molar-refractivity contribution < 1.29 is 24.6 Å². The van der Waals surface area contributed by atoms with E-state index >= 15 is 0 Å². The molecular weight excluding hydrogens is 300 g/mol. The van der Waals surface area contributed by atoms with Crippen LogP contribution in [0.15, 0.2) is 30.3 Å². The summed E-state index contributed by atoms with van der Waals surface area (Å²) in [5, 5.41) is 23.9. The quantitative estimate of drug-likeness (QED) is 0.550. The minimum Gasteiger partial charge on any atom is -0.480 e. The Morgan fingerprint density at radius 2 is 1.65 bits per heavy atom. The van der Waals surface area contributed by atoms with Crippen molar-refractivity contribution >= 4 is 23.5 Å². The summed E-state index contributed by atoms with van der Waals surface area (Å²) >= 11 is 0. The van der Waals surface area contributed by atoms with Crippen molar-refractivity contribution in [2.24, 2.45) is 0 Å². The molecule has 0 fully saturated rings. The summed E-state index contributed by atoms with van der Waals surface area (Å²) in [5.74, 6) is -2.89. The standard InChI is InChI=1S/C16H22N2O5/c1-3-16(4-2,15(22)23)18-12(14(20)21)10-13(19)17-11-8-6-5-7-9-11/h5-9,12,18H,3-4,10H2,1-2H3,(H,17,19)(H,20,21)(H,22,23). The predicted octanol–water partition coefficient (Wildman–Crippen LogP) is 1.70. The van der Waals surface area contributed by atoms with Gasteiger partial charge in [0.15, 0.2) is 0 Å². The van der Waals surface area contributed by atoms with Crippen molar-refractivity contribution in [1.82, 2.24) is 5.32 Å². The molecule has 126 valence electrons. The van der Waals surface area contributed by atoms with Crippen molar-refractivity contribution in [3.63, 3.8) is 0 Å². The highest BCUT2D eigenvalue weighted by molar-refractivity contribution is 5.94. The average molecular weight is 322 g/mol. The third-order valence-electron chi connectivity index (χ3n) is 3.81. The fraction of sp³-hybridized carbons (Fsp3) is 0.438. The molecule has 1 unspecified atom stereocenters. The van der Waals surface area contributed by atoms with E-state index in [0.29, 0.717) is 5.69 Å². The van der Waals surface area contributed by atoms with Crippen LogP contribution in [0.5, 0.6) is 0 Å². The van der Waals surface area contributed by atoms with Crippen LogP contribution in [0.3, 0.4) is 0 Å². The second-order valence-corrected chi connectivity index (χ2v) is 5.25. The van der Waals surface area contributed by atoms with Gasteiger partial charge in [-0.1, -0.05) is 32.0 Å². The van der Waals surface area contributed by atoms with Gasteiger partial charge in [0.25, 0.3) is 0 Å². The number of nitrogens with one attached hydrogen (secondary N) is 2. The Labute approximate surface area is 134 Å². The SMILES string of the molecule is CCC(CC)(NC(CC(=O)Nc1ccccc1)C(=O)O)C(=O)O. The van der Waals surface area contributed by atoms with Gasteiger partial charge in [-0.25, -0.2) is 0 Å². The molecule has 1 rings (SSSR count). The number of benzene rings is 1. The summed E-state index contributed by atoms with van der Waals surface area (Å²) in [6, 6.07) is 7.36. The molecule has 23 heavy (non-hydrogen) atoms. The van der Waals surface area contributed by atoms with Crippen LogP contribution < -0.4 is 10.6 Å². The first-order valence-corrected chi connectivity index (χ1v) is 7.43. The number of carboxylic acid groups (broad SMARTS) is 2. The third-order valence-corrected chi connectivity index (χ3v) is 3.81. The fourth-order valence-corrected chi connectivity index (χ4v) is 2.27. The molecule has 0 saturated heterocycles. The Morgan fingerprint density at radius 1 is 1.09 bits per heavy atom. The van der Waals surface area contributed by atoms with Crippen LogP contribution in [0.2, 0.25) is 0 Å². The van der Waals surface area contributed by atoms with E-state index in [1.807, 2.05) is 0 Å². The maximum atomic E-state index is 12.0. The maximum absolute atomic E-state index is 12.0. The largest absolute Gasteiger partial charge is 0.480 e. The summed E-state index contributed by atoms with van der Waals surface area (Å²) in [4.78, 5) is 34.8. The number of amides is 1. The number of anilines is 1. The lowest BCUT2D eigenvalue weighted by Gasteiger charge is -2.31. The van der Waals surface area contributed by atoms with Crippen molar-refractivity contribution in [3.05, 3.63) is 30.3 Å². The van der Waals surface area contributed by atoms with Gasteiger partial charge >= 0.3 is 11.9 Å². The first kappa shape index (κ1) is 18.6. The van der Waals surface area contributed by atoms with E-state index in [1.54, 1.807) is 44.2 Å². The van der Waals surface area contributed by atoms with E-state index in [9.17, 15) is 24.6 Å². The highest BCUT2D eigenvalue weighted by Crippen LogP contribution is 2.18. The molecule has 7 nitrogen and oxygen atoms in total. The molecule has 0 heterocycles. The summed E-state index contributed by atoms with van der Waals surface area (Å²) in [6.07, 6.45) is 0.0606. The predicted molar refractivity (Wildman–Crippen MR) is 85.2 cm³/mol. The lowest BCUT2D eigenvalue weighted by molar-refractivity contribution is -0.148. The molecule has 1 aromatic carbocycles. The molecule has 0 aliphatic heterocycles. The normalized spacial score (nSPS) is 12.4. The van der Waals surface area contributed by atoms with E-state index in [2.05, 4.69) is 10.6 Å². The highest BCUT2D eigenvalue weighted by atomic mass is 16.4. The lowest BCUT2D eigenvalue weighted by Crippen LogP contribution is -2.58. The molecule has 1 atom stereocenters. The van der Waals surface area contributed by atoms with Gasteiger partial charge in [0.2, 0.25) is 5.91 Å². The summed E-state index contributed by atoms with van der Waals surface area (Å²) in [7, 11) is 0. The number of carbonyl (C=O) groups excluding carboxylic acids is 1. The number of carboxylic acids is 2. The van der Waals surface area contributed by atoms with Gasteiger partial charge in [-0.05, 0) is 25.0 Å². The fourth-order valence-electron chi connectivity index (χ4n) is 2.27. The third kappa shape index (κ3) is 5.07. The minimum absolute atomic E-state index is 0.211. The second kappa shape index (κ2) is 8.28. The zero-order valence-corrected chi connectivity index (χ0v) is 13.2. The molecule has 4 N–H and O–H groups in total. The van der Waals surface area contributed by atoms with Crippen LogP contribution in [-0.4, -0.2) is 39.6 Å². The Kier molecular flexibility index (Phi) is 6.71. The van der Waals surface area contributed by atoms with E-state index < -0.39 is 29.4 Å². The van der Waals surface area contributed by atoms with Crippen LogP contribution in [0.1, 0.15) is 33.1 Å². The molecule has 7 heteroatoms. The number of para-hydroxylation sites is 1. The average Bonchev–Trinajstić information content (AvgIpc) is 2.52. The Morgan fingerprint density at radius 3 is 2.09 bits per heavy atom.